The summed E-state index contributed by atoms with van der Waals surface area (Å²) in [6.07, 6.45) is 2.96. The minimum atomic E-state index is -1.00. The van der Waals surface area contributed by atoms with Gasteiger partial charge in [0.05, 0.1) is 18.1 Å². The second-order valence-electron chi connectivity index (χ2n) is 6.85. The zero-order chi connectivity index (χ0) is 19.1. The van der Waals surface area contributed by atoms with Crippen LogP contribution in [0, 0.1) is 0 Å². The summed E-state index contributed by atoms with van der Waals surface area (Å²) in [4.78, 5) is 25.6. The van der Waals surface area contributed by atoms with Crippen molar-refractivity contribution in [3.63, 3.8) is 0 Å². The molecule has 2 aromatic carbocycles. The first-order valence-corrected chi connectivity index (χ1v) is 9.38. The fourth-order valence-electron chi connectivity index (χ4n) is 3.42. The molecular formula is C22H25NO4. The van der Waals surface area contributed by atoms with Crippen molar-refractivity contribution in [2.24, 2.45) is 0 Å². The fraction of sp³-hybridized carbons (Fsp3) is 0.364. The molecule has 0 radical (unpaired) electrons. The Morgan fingerprint density at radius 2 is 1.81 bits per heavy atom. The van der Waals surface area contributed by atoms with Crippen molar-refractivity contribution in [1.29, 1.82) is 0 Å². The van der Waals surface area contributed by atoms with Gasteiger partial charge in [-0.05, 0) is 36.5 Å². The number of likely N-dealkylation sites (tertiary alicyclic amines) is 1. The number of rotatable bonds is 8. The van der Waals surface area contributed by atoms with E-state index in [0.717, 1.165) is 19.3 Å². The van der Waals surface area contributed by atoms with Gasteiger partial charge in [-0.15, -0.1) is 0 Å². The topological polar surface area (TPSA) is 66.8 Å². The maximum absolute atomic E-state index is 12.5. The smallest absolute Gasteiger partial charge is 0.335 e. The monoisotopic (exact) mass is 367 g/mol. The van der Waals surface area contributed by atoms with Crippen LogP contribution in [0.1, 0.15) is 34.3 Å². The molecule has 27 heavy (non-hydrogen) atoms. The molecule has 0 aliphatic carbocycles. The number of carbonyl (C=O) groups excluding carboxylic acids is 1. The third-order valence-corrected chi connectivity index (χ3v) is 4.89. The number of aromatic carboxylic acids is 1. The number of carbonyl (C=O) groups is 2. The van der Waals surface area contributed by atoms with Crippen molar-refractivity contribution in [3.05, 3.63) is 71.3 Å². The van der Waals surface area contributed by atoms with Gasteiger partial charge in [-0.2, -0.15) is 0 Å². The van der Waals surface area contributed by atoms with Gasteiger partial charge in [-0.25, -0.2) is 4.79 Å². The molecule has 1 saturated heterocycles. The number of benzene rings is 2. The summed E-state index contributed by atoms with van der Waals surface area (Å²) in [5.41, 5.74) is 2.06. The second-order valence-corrected chi connectivity index (χ2v) is 6.85. The van der Waals surface area contributed by atoms with E-state index in [4.69, 9.17) is 4.74 Å². The molecule has 1 N–H and O–H groups in total. The van der Waals surface area contributed by atoms with Gasteiger partial charge in [0.25, 0.3) is 0 Å². The lowest BCUT2D eigenvalue weighted by molar-refractivity contribution is -0.129. The van der Waals surface area contributed by atoms with Crippen LogP contribution in [-0.2, 0) is 22.4 Å². The largest absolute Gasteiger partial charge is 0.478 e. The van der Waals surface area contributed by atoms with Crippen LogP contribution in [0.4, 0.5) is 0 Å². The van der Waals surface area contributed by atoms with E-state index in [9.17, 15) is 14.7 Å². The van der Waals surface area contributed by atoms with E-state index in [1.807, 2.05) is 18.2 Å². The minimum Gasteiger partial charge on any atom is -0.478 e. The molecule has 1 fully saturated rings. The summed E-state index contributed by atoms with van der Waals surface area (Å²) < 4.78 is 5.93. The summed E-state index contributed by atoms with van der Waals surface area (Å²) in [6, 6.07) is 17.0. The van der Waals surface area contributed by atoms with Crippen LogP contribution < -0.4 is 0 Å². The molecule has 3 rings (SSSR count). The van der Waals surface area contributed by atoms with Gasteiger partial charge in [-0.1, -0.05) is 48.5 Å². The Morgan fingerprint density at radius 1 is 1.07 bits per heavy atom. The van der Waals surface area contributed by atoms with E-state index < -0.39 is 5.97 Å². The summed E-state index contributed by atoms with van der Waals surface area (Å²) in [5, 5.41) is 9.24. The maximum Gasteiger partial charge on any atom is 0.335 e. The number of amides is 1. The normalized spacial score (nSPS) is 16.4. The quantitative estimate of drug-likeness (QED) is 0.728. The van der Waals surface area contributed by atoms with E-state index in [0.29, 0.717) is 25.3 Å². The highest BCUT2D eigenvalue weighted by atomic mass is 16.5. The van der Waals surface area contributed by atoms with Gasteiger partial charge in [0, 0.05) is 19.7 Å². The lowest BCUT2D eigenvalue weighted by Crippen LogP contribution is -2.31. The third-order valence-electron chi connectivity index (χ3n) is 4.89. The highest BCUT2D eigenvalue weighted by Crippen LogP contribution is 2.17. The molecule has 0 aromatic heterocycles. The minimum absolute atomic E-state index is 0.0425. The van der Waals surface area contributed by atoms with E-state index in [1.165, 1.54) is 11.6 Å². The lowest BCUT2D eigenvalue weighted by Gasteiger charge is -2.17. The van der Waals surface area contributed by atoms with E-state index in [1.54, 1.807) is 23.1 Å². The number of aryl methyl sites for hydroxylation is 1. The number of ether oxygens (including phenoxy) is 1. The Balaban J connectivity index is 1.42. The van der Waals surface area contributed by atoms with Gasteiger partial charge in [-0.3, -0.25) is 4.79 Å². The molecule has 1 amide bonds. The Kier molecular flexibility index (Phi) is 6.60. The Bertz CT molecular complexity index is 775. The van der Waals surface area contributed by atoms with E-state index >= 15 is 0 Å². The van der Waals surface area contributed by atoms with Crippen LogP contribution in [0.25, 0.3) is 0 Å². The van der Waals surface area contributed by atoms with Crippen molar-refractivity contribution in [2.75, 3.05) is 19.7 Å². The standard InChI is InChI=1S/C22H25NO4/c24-21(15-18-10-4-5-11-20(18)22(25)26)23-13-12-19(16-23)27-14-6-9-17-7-2-1-3-8-17/h1-5,7-8,10-11,19H,6,9,12-16H2,(H,25,26). The van der Waals surface area contributed by atoms with Crippen LogP contribution in [0.15, 0.2) is 54.6 Å². The third kappa shape index (κ3) is 5.41. The fourth-order valence-corrected chi connectivity index (χ4v) is 3.42. The molecule has 142 valence electrons. The number of carboxylic acid groups (broad SMARTS) is 1. The van der Waals surface area contributed by atoms with Gasteiger partial charge < -0.3 is 14.7 Å². The molecule has 2 aromatic rings. The highest BCUT2D eigenvalue weighted by molar-refractivity contribution is 5.91. The molecule has 1 unspecified atom stereocenters. The maximum atomic E-state index is 12.5. The summed E-state index contributed by atoms with van der Waals surface area (Å²) >= 11 is 0. The van der Waals surface area contributed by atoms with Gasteiger partial charge >= 0.3 is 5.97 Å². The van der Waals surface area contributed by atoms with Gasteiger partial charge in [0.2, 0.25) is 5.91 Å². The Hall–Kier alpha value is -2.66. The SMILES string of the molecule is O=C(O)c1ccccc1CC(=O)N1CCC(OCCCc2ccccc2)C1. The van der Waals surface area contributed by atoms with Gasteiger partial charge in [0.1, 0.15) is 0 Å². The molecule has 5 heteroatoms. The molecule has 0 spiro atoms. The Morgan fingerprint density at radius 3 is 2.59 bits per heavy atom. The molecule has 1 atom stereocenters. The van der Waals surface area contributed by atoms with Crippen molar-refractivity contribution in [3.8, 4) is 0 Å². The molecule has 1 heterocycles. The Labute approximate surface area is 159 Å². The number of carboxylic acids is 1. The molecule has 0 saturated carbocycles. The molecular weight excluding hydrogens is 342 g/mol. The highest BCUT2D eigenvalue weighted by Gasteiger charge is 2.27. The van der Waals surface area contributed by atoms with Crippen LogP contribution in [0.3, 0.4) is 0 Å². The summed E-state index contributed by atoms with van der Waals surface area (Å²) in [6.45, 7) is 1.93. The summed E-state index contributed by atoms with van der Waals surface area (Å²) in [7, 11) is 0. The number of hydrogen-bond donors (Lipinski definition) is 1. The zero-order valence-electron chi connectivity index (χ0n) is 15.3. The summed E-state index contributed by atoms with van der Waals surface area (Å²) in [5.74, 6) is -1.04. The van der Waals surface area contributed by atoms with Crippen LogP contribution in [0.5, 0.6) is 0 Å². The van der Waals surface area contributed by atoms with Crippen LogP contribution in [0.2, 0.25) is 0 Å². The molecule has 5 nitrogen and oxygen atoms in total. The molecule has 1 aliphatic rings. The van der Waals surface area contributed by atoms with Crippen molar-refractivity contribution >= 4 is 11.9 Å². The second kappa shape index (κ2) is 9.33. The average molecular weight is 367 g/mol. The van der Waals surface area contributed by atoms with Crippen LogP contribution >= 0.6 is 0 Å². The van der Waals surface area contributed by atoms with Gasteiger partial charge in [0.15, 0.2) is 0 Å². The molecule has 1 aliphatic heterocycles. The first-order chi connectivity index (χ1) is 13.1. The first-order valence-electron chi connectivity index (χ1n) is 9.38. The van der Waals surface area contributed by atoms with E-state index in [-0.39, 0.29) is 24.0 Å². The first kappa shape index (κ1) is 19.1. The number of nitrogens with zero attached hydrogens (tertiary/aromatic N) is 1. The lowest BCUT2D eigenvalue weighted by atomic mass is 10.0. The molecule has 0 bridgehead atoms. The predicted octanol–water partition coefficient (Wildman–Crippen LogP) is 3.18. The average Bonchev–Trinajstić information content (AvgIpc) is 3.15. The zero-order valence-corrected chi connectivity index (χ0v) is 15.3. The van der Waals surface area contributed by atoms with Crippen LogP contribution in [-0.4, -0.2) is 47.7 Å². The van der Waals surface area contributed by atoms with Crippen molar-refractivity contribution in [2.45, 2.75) is 31.8 Å². The predicted molar refractivity (Wildman–Crippen MR) is 103 cm³/mol. The number of hydrogen-bond acceptors (Lipinski definition) is 3. The van der Waals surface area contributed by atoms with Crippen molar-refractivity contribution in [1.82, 2.24) is 4.90 Å². The van der Waals surface area contributed by atoms with E-state index in [2.05, 4.69) is 12.1 Å². The van der Waals surface area contributed by atoms with Crippen molar-refractivity contribution < 1.29 is 19.4 Å².